The van der Waals surface area contributed by atoms with E-state index in [1.54, 1.807) is 0 Å². The summed E-state index contributed by atoms with van der Waals surface area (Å²) in [5.74, 6) is -0.144. The van der Waals surface area contributed by atoms with Crippen molar-refractivity contribution in [2.24, 2.45) is 0 Å². The number of rotatable bonds is 7. The SMILES string of the molecule is CCCC(NC1CC1)(C(=O)OCC)c1ccccc1. The van der Waals surface area contributed by atoms with Crippen LogP contribution in [0.15, 0.2) is 30.3 Å². The molecule has 0 saturated heterocycles. The van der Waals surface area contributed by atoms with E-state index in [0.717, 1.165) is 31.2 Å². The molecular weight excluding hydrogens is 238 g/mol. The second kappa shape index (κ2) is 6.20. The number of carbonyl (C=O) groups is 1. The van der Waals surface area contributed by atoms with E-state index in [1.165, 1.54) is 0 Å². The lowest BCUT2D eigenvalue weighted by Gasteiger charge is -2.33. The molecule has 1 fully saturated rings. The van der Waals surface area contributed by atoms with Crippen molar-refractivity contribution in [3.8, 4) is 0 Å². The third-order valence-corrected chi connectivity index (χ3v) is 3.54. The molecule has 1 saturated carbocycles. The van der Waals surface area contributed by atoms with Gasteiger partial charge in [-0.05, 0) is 31.7 Å². The number of hydrogen-bond acceptors (Lipinski definition) is 3. The van der Waals surface area contributed by atoms with Gasteiger partial charge in [-0.3, -0.25) is 5.32 Å². The van der Waals surface area contributed by atoms with Crippen LogP contribution >= 0.6 is 0 Å². The smallest absolute Gasteiger partial charge is 0.330 e. The Morgan fingerprint density at radius 2 is 2.00 bits per heavy atom. The monoisotopic (exact) mass is 261 g/mol. The molecule has 104 valence electrons. The topological polar surface area (TPSA) is 38.3 Å². The van der Waals surface area contributed by atoms with Crippen LogP contribution in [0.1, 0.15) is 45.1 Å². The van der Waals surface area contributed by atoms with Gasteiger partial charge in [0.15, 0.2) is 0 Å². The van der Waals surface area contributed by atoms with E-state index in [0.29, 0.717) is 12.6 Å². The van der Waals surface area contributed by atoms with Gasteiger partial charge in [-0.15, -0.1) is 0 Å². The summed E-state index contributed by atoms with van der Waals surface area (Å²) in [6.45, 7) is 4.38. The highest BCUT2D eigenvalue weighted by Crippen LogP contribution is 2.33. The third-order valence-electron chi connectivity index (χ3n) is 3.54. The minimum atomic E-state index is -0.673. The van der Waals surface area contributed by atoms with Gasteiger partial charge in [0.2, 0.25) is 0 Å². The second-order valence-corrected chi connectivity index (χ2v) is 5.16. The molecule has 0 aromatic heterocycles. The van der Waals surface area contributed by atoms with Gasteiger partial charge in [0.25, 0.3) is 0 Å². The molecule has 1 aliphatic rings. The summed E-state index contributed by atoms with van der Waals surface area (Å²) in [5, 5.41) is 3.53. The maximum atomic E-state index is 12.5. The third kappa shape index (κ3) is 3.16. The van der Waals surface area contributed by atoms with Crippen LogP contribution in [0, 0.1) is 0 Å². The lowest BCUT2D eigenvalue weighted by molar-refractivity contribution is -0.152. The van der Waals surface area contributed by atoms with E-state index in [1.807, 2.05) is 37.3 Å². The number of nitrogens with one attached hydrogen (secondary N) is 1. The van der Waals surface area contributed by atoms with Gasteiger partial charge in [-0.1, -0.05) is 43.7 Å². The highest BCUT2D eigenvalue weighted by atomic mass is 16.5. The number of esters is 1. The van der Waals surface area contributed by atoms with Crippen LogP contribution < -0.4 is 5.32 Å². The summed E-state index contributed by atoms with van der Waals surface area (Å²) in [6.07, 6.45) is 4.01. The molecule has 0 heterocycles. The fourth-order valence-electron chi connectivity index (χ4n) is 2.51. The van der Waals surface area contributed by atoms with Crippen LogP contribution in [0.5, 0.6) is 0 Å². The molecule has 1 aliphatic carbocycles. The standard InChI is InChI=1S/C16H23NO2/c1-3-12-16(15(18)19-4-2,17-14-10-11-14)13-8-6-5-7-9-13/h5-9,14,17H,3-4,10-12H2,1-2H3. The molecule has 0 amide bonds. The Morgan fingerprint density at radius 3 is 2.53 bits per heavy atom. The fourth-order valence-corrected chi connectivity index (χ4v) is 2.51. The van der Waals surface area contributed by atoms with Crippen molar-refractivity contribution >= 4 is 5.97 Å². The Bertz CT molecular complexity index is 414. The van der Waals surface area contributed by atoms with Gasteiger partial charge < -0.3 is 4.74 Å². The fraction of sp³-hybridized carbons (Fsp3) is 0.562. The van der Waals surface area contributed by atoms with Gasteiger partial charge in [0, 0.05) is 6.04 Å². The number of benzene rings is 1. The Hall–Kier alpha value is -1.35. The normalized spacial score (nSPS) is 17.8. The first-order chi connectivity index (χ1) is 9.23. The van der Waals surface area contributed by atoms with Crippen molar-refractivity contribution in [1.29, 1.82) is 0 Å². The van der Waals surface area contributed by atoms with Crippen LogP contribution in [-0.2, 0) is 15.1 Å². The largest absolute Gasteiger partial charge is 0.464 e. The Morgan fingerprint density at radius 1 is 1.32 bits per heavy atom. The zero-order valence-corrected chi connectivity index (χ0v) is 11.8. The molecule has 0 bridgehead atoms. The summed E-state index contributed by atoms with van der Waals surface area (Å²) in [4.78, 5) is 12.5. The molecule has 0 radical (unpaired) electrons. The lowest BCUT2D eigenvalue weighted by atomic mass is 9.85. The van der Waals surface area contributed by atoms with E-state index < -0.39 is 5.54 Å². The van der Waals surface area contributed by atoms with E-state index in [4.69, 9.17) is 4.74 Å². The van der Waals surface area contributed by atoms with Crippen LogP contribution in [0.4, 0.5) is 0 Å². The Kier molecular flexibility index (Phi) is 4.59. The molecule has 3 nitrogen and oxygen atoms in total. The molecule has 3 heteroatoms. The minimum absolute atomic E-state index is 0.144. The van der Waals surface area contributed by atoms with E-state index in [-0.39, 0.29) is 5.97 Å². The first kappa shape index (κ1) is 14.1. The molecule has 19 heavy (non-hydrogen) atoms. The van der Waals surface area contributed by atoms with Gasteiger partial charge in [0.1, 0.15) is 5.54 Å². The average molecular weight is 261 g/mol. The van der Waals surface area contributed by atoms with Crippen LogP contribution in [0.3, 0.4) is 0 Å². The lowest BCUT2D eigenvalue weighted by Crippen LogP contribution is -2.51. The molecule has 0 aliphatic heterocycles. The zero-order chi connectivity index (χ0) is 13.7. The van der Waals surface area contributed by atoms with Crippen molar-refractivity contribution < 1.29 is 9.53 Å². The molecular formula is C16H23NO2. The van der Waals surface area contributed by atoms with Gasteiger partial charge in [-0.25, -0.2) is 4.79 Å². The van der Waals surface area contributed by atoms with Crippen molar-refractivity contribution in [1.82, 2.24) is 5.32 Å². The van der Waals surface area contributed by atoms with Gasteiger partial charge in [0.05, 0.1) is 6.61 Å². The summed E-state index contributed by atoms with van der Waals surface area (Å²) in [5.41, 5.74) is 0.343. The van der Waals surface area contributed by atoms with Crippen molar-refractivity contribution in [3.63, 3.8) is 0 Å². The quantitative estimate of drug-likeness (QED) is 0.767. The Balaban J connectivity index is 2.34. The molecule has 1 N–H and O–H groups in total. The van der Waals surface area contributed by atoms with E-state index in [2.05, 4.69) is 12.2 Å². The van der Waals surface area contributed by atoms with Crippen molar-refractivity contribution in [2.75, 3.05) is 6.61 Å². The first-order valence-corrected chi connectivity index (χ1v) is 7.23. The van der Waals surface area contributed by atoms with Crippen LogP contribution in [0.2, 0.25) is 0 Å². The van der Waals surface area contributed by atoms with E-state index >= 15 is 0 Å². The number of hydrogen-bond donors (Lipinski definition) is 1. The maximum Gasteiger partial charge on any atom is 0.330 e. The van der Waals surface area contributed by atoms with Crippen molar-refractivity contribution in [3.05, 3.63) is 35.9 Å². The summed E-state index contributed by atoms with van der Waals surface area (Å²) < 4.78 is 5.34. The van der Waals surface area contributed by atoms with Crippen LogP contribution in [-0.4, -0.2) is 18.6 Å². The highest BCUT2D eigenvalue weighted by Gasteiger charge is 2.44. The highest BCUT2D eigenvalue weighted by molar-refractivity contribution is 5.82. The minimum Gasteiger partial charge on any atom is -0.464 e. The Labute approximate surface area is 115 Å². The van der Waals surface area contributed by atoms with Gasteiger partial charge >= 0.3 is 5.97 Å². The molecule has 2 rings (SSSR count). The average Bonchev–Trinajstić information content (AvgIpc) is 3.23. The second-order valence-electron chi connectivity index (χ2n) is 5.16. The maximum absolute atomic E-state index is 12.5. The molecule has 1 unspecified atom stereocenters. The predicted octanol–water partition coefficient (Wildman–Crippen LogP) is 3.00. The number of carbonyl (C=O) groups excluding carboxylic acids is 1. The number of ether oxygens (including phenoxy) is 1. The zero-order valence-electron chi connectivity index (χ0n) is 11.8. The van der Waals surface area contributed by atoms with Crippen LogP contribution in [0.25, 0.3) is 0 Å². The summed E-state index contributed by atoms with van der Waals surface area (Å²) in [6, 6.07) is 10.4. The summed E-state index contributed by atoms with van der Waals surface area (Å²) in [7, 11) is 0. The van der Waals surface area contributed by atoms with E-state index in [9.17, 15) is 4.79 Å². The molecule has 1 aromatic rings. The molecule has 1 atom stereocenters. The molecule has 0 spiro atoms. The van der Waals surface area contributed by atoms with Crippen molar-refractivity contribution in [2.45, 2.75) is 51.1 Å². The van der Waals surface area contributed by atoms with Gasteiger partial charge in [-0.2, -0.15) is 0 Å². The predicted molar refractivity (Wildman–Crippen MR) is 75.8 cm³/mol. The molecule has 1 aromatic carbocycles. The first-order valence-electron chi connectivity index (χ1n) is 7.23. The summed E-state index contributed by atoms with van der Waals surface area (Å²) >= 11 is 0.